The average molecular weight is 365 g/mol. The molecule has 2 aromatic heterocycles. The summed E-state index contributed by atoms with van der Waals surface area (Å²) in [6.07, 6.45) is 1.76. The Morgan fingerprint density at radius 1 is 1.39 bits per heavy atom. The molecule has 0 atom stereocenters. The molecule has 1 aliphatic heterocycles. The van der Waals surface area contributed by atoms with Crippen molar-refractivity contribution in [2.45, 2.75) is 24.8 Å². The van der Waals surface area contributed by atoms with Crippen molar-refractivity contribution in [1.82, 2.24) is 25.3 Å². The van der Waals surface area contributed by atoms with E-state index >= 15 is 0 Å². The van der Waals surface area contributed by atoms with Crippen molar-refractivity contribution in [2.24, 2.45) is 0 Å². The standard InChI is InChI=1S/C12H14F2N6OS.ClH/c13-8(14)9-18-19-11(22-9)17-10(21)12(2-5-15-6-3-12)20-7-1-4-16-20;/h1,4,7-8,15H,2-3,5-6H2,(H,17,19,21);1H. The molecule has 0 bridgehead atoms. The van der Waals surface area contributed by atoms with E-state index < -0.39 is 17.0 Å². The highest BCUT2D eigenvalue weighted by molar-refractivity contribution is 7.15. The second-order valence-corrected chi connectivity index (χ2v) is 5.94. The van der Waals surface area contributed by atoms with Gasteiger partial charge in [0.15, 0.2) is 5.01 Å². The maximum absolute atomic E-state index is 12.7. The van der Waals surface area contributed by atoms with Gasteiger partial charge in [-0.3, -0.25) is 14.8 Å². The highest BCUT2D eigenvalue weighted by Gasteiger charge is 2.42. The number of carbonyl (C=O) groups is 1. The largest absolute Gasteiger partial charge is 0.317 e. The highest BCUT2D eigenvalue weighted by Crippen LogP contribution is 2.30. The van der Waals surface area contributed by atoms with Crippen molar-refractivity contribution in [2.75, 3.05) is 18.4 Å². The molecule has 3 heterocycles. The van der Waals surface area contributed by atoms with E-state index in [1.54, 1.807) is 23.1 Å². The smallest absolute Gasteiger partial charge is 0.291 e. The summed E-state index contributed by atoms with van der Waals surface area (Å²) < 4.78 is 26.7. The summed E-state index contributed by atoms with van der Waals surface area (Å²) in [5.74, 6) is -0.310. The van der Waals surface area contributed by atoms with Crippen LogP contribution in [0.4, 0.5) is 13.9 Å². The van der Waals surface area contributed by atoms with E-state index in [0.29, 0.717) is 37.3 Å². The molecule has 126 valence electrons. The zero-order valence-corrected chi connectivity index (χ0v) is 13.5. The lowest BCUT2D eigenvalue weighted by atomic mass is 9.87. The summed E-state index contributed by atoms with van der Waals surface area (Å²) in [5, 5.41) is 16.6. The first-order valence-electron chi connectivity index (χ1n) is 6.76. The topological polar surface area (TPSA) is 84.7 Å². The van der Waals surface area contributed by atoms with E-state index in [-0.39, 0.29) is 23.4 Å². The molecule has 0 spiro atoms. The Labute approximate surface area is 140 Å². The van der Waals surface area contributed by atoms with Gasteiger partial charge in [0.25, 0.3) is 12.3 Å². The lowest BCUT2D eigenvalue weighted by molar-refractivity contribution is -0.126. The minimum absolute atomic E-state index is 0. The molecule has 1 amide bonds. The van der Waals surface area contributed by atoms with Crippen LogP contribution < -0.4 is 10.6 Å². The molecule has 1 saturated heterocycles. The van der Waals surface area contributed by atoms with Gasteiger partial charge < -0.3 is 5.32 Å². The number of alkyl halides is 2. The van der Waals surface area contributed by atoms with Crippen LogP contribution in [-0.4, -0.2) is 39.0 Å². The van der Waals surface area contributed by atoms with Crippen LogP contribution in [0.25, 0.3) is 0 Å². The molecule has 0 radical (unpaired) electrons. The van der Waals surface area contributed by atoms with Gasteiger partial charge in [0.2, 0.25) is 5.13 Å². The number of anilines is 1. The van der Waals surface area contributed by atoms with E-state index in [1.807, 2.05) is 0 Å². The van der Waals surface area contributed by atoms with Crippen molar-refractivity contribution in [3.8, 4) is 0 Å². The molecule has 0 saturated carbocycles. The summed E-state index contributed by atoms with van der Waals surface area (Å²) >= 11 is 0.680. The Balaban J connectivity index is 0.00000192. The number of nitrogens with one attached hydrogen (secondary N) is 2. The molecule has 7 nitrogen and oxygen atoms in total. The summed E-state index contributed by atoms with van der Waals surface area (Å²) in [7, 11) is 0. The minimum Gasteiger partial charge on any atom is -0.317 e. The van der Waals surface area contributed by atoms with E-state index in [9.17, 15) is 13.6 Å². The van der Waals surface area contributed by atoms with Gasteiger partial charge in [-0.1, -0.05) is 11.3 Å². The zero-order chi connectivity index (χ0) is 15.6. The van der Waals surface area contributed by atoms with E-state index in [0.717, 1.165) is 0 Å². The van der Waals surface area contributed by atoms with Crippen LogP contribution in [0.5, 0.6) is 0 Å². The second kappa shape index (κ2) is 7.28. The van der Waals surface area contributed by atoms with Crippen LogP contribution in [0.3, 0.4) is 0 Å². The SMILES string of the molecule is Cl.O=C(Nc1nnc(C(F)F)s1)C1(n2cccn2)CCNCC1. The first-order valence-corrected chi connectivity index (χ1v) is 7.57. The number of hydrogen-bond donors (Lipinski definition) is 2. The number of carbonyl (C=O) groups excluding carboxylic acids is 1. The third kappa shape index (κ3) is 3.48. The predicted molar refractivity (Wildman–Crippen MR) is 83.0 cm³/mol. The molecule has 2 aromatic rings. The summed E-state index contributed by atoms with van der Waals surface area (Å²) in [6, 6.07) is 1.75. The predicted octanol–water partition coefficient (Wildman–Crippen LogP) is 1.81. The molecule has 0 aliphatic carbocycles. The van der Waals surface area contributed by atoms with Crippen LogP contribution in [0.1, 0.15) is 24.3 Å². The summed E-state index contributed by atoms with van der Waals surface area (Å²) in [4.78, 5) is 12.7. The van der Waals surface area contributed by atoms with Crippen molar-refractivity contribution >= 4 is 34.8 Å². The normalized spacial score (nSPS) is 16.8. The number of rotatable bonds is 4. The third-order valence-electron chi connectivity index (χ3n) is 3.64. The van der Waals surface area contributed by atoms with Crippen LogP contribution in [0.15, 0.2) is 18.5 Å². The van der Waals surface area contributed by atoms with E-state index in [1.165, 1.54) is 0 Å². The molecule has 3 rings (SSSR count). The van der Waals surface area contributed by atoms with Crippen molar-refractivity contribution < 1.29 is 13.6 Å². The maximum atomic E-state index is 12.7. The maximum Gasteiger partial charge on any atom is 0.291 e. The molecule has 2 N–H and O–H groups in total. The van der Waals surface area contributed by atoms with Gasteiger partial charge in [-0.05, 0) is 32.0 Å². The number of halogens is 3. The van der Waals surface area contributed by atoms with Crippen LogP contribution in [0.2, 0.25) is 0 Å². The quantitative estimate of drug-likeness (QED) is 0.864. The second-order valence-electron chi connectivity index (χ2n) is 4.93. The summed E-state index contributed by atoms with van der Waals surface area (Å²) in [5.41, 5.74) is -0.842. The molecular weight excluding hydrogens is 350 g/mol. The fourth-order valence-corrected chi connectivity index (χ4v) is 3.10. The van der Waals surface area contributed by atoms with Gasteiger partial charge in [-0.25, -0.2) is 8.78 Å². The first-order chi connectivity index (χ1) is 10.6. The molecule has 23 heavy (non-hydrogen) atoms. The lowest BCUT2D eigenvalue weighted by Gasteiger charge is -2.36. The van der Waals surface area contributed by atoms with Gasteiger partial charge in [-0.15, -0.1) is 22.6 Å². The molecule has 1 aliphatic rings. The Morgan fingerprint density at radius 2 is 2.13 bits per heavy atom. The van der Waals surface area contributed by atoms with Gasteiger partial charge in [-0.2, -0.15) is 5.10 Å². The Bertz CT molecular complexity index is 644. The van der Waals surface area contributed by atoms with Crippen LogP contribution in [-0.2, 0) is 10.3 Å². The van der Waals surface area contributed by atoms with Gasteiger partial charge in [0.05, 0.1) is 0 Å². The average Bonchev–Trinajstić information content (AvgIpc) is 3.19. The molecular formula is C12H15ClF2N6OS. The third-order valence-corrected chi connectivity index (χ3v) is 4.49. The number of hydrogen-bond acceptors (Lipinski definition) is 6. The minimum atomic E-state index is -2.69. The fraction of sp³-hybridized carbons (Fsp3) is 0.500. The van der Waals surface area contributed by atoms with Crippen LogP contribution in [0, 0.1) is 0 Å². The highest BCUT2D eigenvalue weighted by atomic mass is 35.5. The van der Waals surface area contributed by atoms with Gasteiger partial charge in [0.1, 0.15) is 5.54 Å². The number of amides is 1. The van der Waals surface area contributed by atoms with E-state index in [4.69, 9.17) is 0 Å². The van der Waals surface area contributed by atoms with Crippen LogP contribution >= 0.6 is 23.7 Å². The Kier molecular flexibility index (Phi) is 5.60. The summed E-state index contributed by atoms with van der Waals surface area (Å²) in [6.45, 7) is 1.34. The Hall–Kier alpha value is -1.65. The molecule has 11 heteroatoms. The van der Waals surface area contributed by atoms with Gasteiger partial charge in [0, 0.05) is 12.4 Å². The number of nitrogens with zero attached hydrogens (tertiary/aromatic N) is 4. The molecule has 0 unspecified atom stereocenters. The van der Waals surface area contributed by atoms with Gasteiger partial charge >= 0.3 is 0 Å². The van der Waals surface area contributed by atoms with Crippen molar-refractivity contribution in [3.05, 3.63) is 23.5 Å². The lowest BCUT2D eigenvalue weighted by Crippen LogP contribution is -2.52. The van der Waals surface area contributed by atoms with Crippen molar-refractivity contribution in [3.63, 3.8) is 0 Å². The monoisotopic (exact) mass is 364 g/mol. The Morgan fingerprint density at radius 3 is 2.70 bits per heavy atom. The fourth-order valence-electron chi connectivity index (χ4n) is 2.51. The number of aromatic nitrogens is 4. The number of piperidine rings is 1. The zero-order valence-electron chi connectivity index (χ0n) is 11.9. The molecule has 0 aromatic carbocycles. The van der Waals surface area contributed by atoms with Crippen molar-refractivity contribution in [1.29, 1.82) is 0 Å². The molecule has 1 fully saturated rings. The van der Waals surface area contributed by atoms with E-state index in [2.05, 4.69) is 25.9 Å². The first kappa shape index (κ1) is 17.7.